The van der Waals surface area contributed by atoms with Crippen LogP contribution in [0.5, 0.6) is 0 Å². The molecule has 1 saturated heterocycles. The van der Waals surface area contributed by atoms with Gasteiger partial charge in [0.1, 0.15) is 0 Å². The number of nitro groups is 1. The van der Waals surface area contributed by atoms with E-state index in [1.54, 1.807) is 11.8 Å². The molecule has 1 aromatic carbocycles. The first-order chi connectivity index (χ1) is 8.50. The average Bonchev–Trinajstić information content (AvgIpc) is 2.70. The van der Waals surface area contributed by atoms with E-state index in [1.807, 2.05) is 6.92 Å². The maximum Gasteiger partial charge on any atom is 0.295 e. The number of anilines is 1. The van der Waals surface area contributed by atoms with Gasteiger partial charge in [-0.2, -0.15) is 11.8 Å². The van der Waals surface area contributed by atoms with Crippen LogP contribution in [0.3, 0.4) is 0 Å². The molecule has 1 heterocycles. The van der Waals surface area contributed by atoms with E-state index in [9.17, 15) is 18.9 Å². The minimum absolute atomic E-state index is 0.0787. The summed E-state index contributed by atoms with van der Waals surface area (Å²) in [6, 6.07) is 1.67. The molecule has 0 aromatic heterocycles. The molecule has 1 fully saturated rings. The summed E-state index contributed by atoms with van der Waals surface area (Å²) in [4.78, 5) is 10.1. The Hall–Kier alpha value is -1.37. The number of halogens is 2. The second-order valence-electron chi connectivity index (χ2n) is 4.13. The van der Waals surface area contributed by atoms with Crippen molar-refractivity contribution in [2.75, 3.05) is 11.1 Å². The molecular weight excluding hydrogens is 262 g/mol. The Bertz CT molecular complexity index is 484. The number of nitrogens with one attached hydrogen (secondary N) is 1. The van der Waals surface area contributed by atoms with Crippen LogP contribution in [0.4, 0.5) is 20.2 Å². The van der Waals surface area contributed by atoms with Gasteiger partial charge in [0.2, 0.25) is 0 Å². The van der Waals surface area contributed by atoms with Crippen LogP contribution in [-0.2, 0) is 0 Å². The van der Waals surface area contributed by atoms with Gasteiger partial charge in [-0.25, -0.2) is 8.78 Å². The second kappa shape index (κ2) is 5.09. The summed E-state index contributed by atoms with van der Waals surface area (Å²) in [5.74, 6) is -1.36. The number of rotatable bonds is 3. The van der Waals surface area contributed by atoms with Crippen molar-refractivity contribution in [1.82, 2.24) is 0 Å². The molecule has 0 bridgehead atoms. The quantitative estimate of drug-likeness (QED) is 0.679. The van der Waals surface area contributed by atoms with E-state index in [0.717, 1.165) is 24.3 Å². The van der Waals surface area contributed by atoms with Crippen LogP contribution in [0.1, 0.15) is 13.3 Å². The molecule has 4 nitrogen and oxygen atoms in total. The summed E-state index contributed by atoms with van der Waals surface area (Å²) in [7, 11) is 0. The van der Waals surface area contributed by atoms with E-state index in [4.69, 9.17) is 0 Å². The van der Waals surface area contributed by atoms with Gasteiger partial charge in [0.05, 0.1) is 4.92 Å². The Morgan fingerprint density at radius 2 is 2.22 bits per heavy atom. The van der Waals surface area contributed by atoms with Crippen LogP contribution in [0.15, 0.2) is 12.1 Å². The second-order valence-corrected chi connectivity index (χ2v) is 5.61. The Balaban J connectivity index is 2.35. The first-order valence-corrected chi connectivity index (χ1v) is 6.56. The summed E-state index contributed by atoms with van der Waals surface area (Å²) in [5.41, 5.74) is -0.780. The first kappa shape index (κ1) is 13.1. The normalized spacial score (nSPS) is 23.1. The standard InChI is InChI=1S/C11H12F2N2O2S/c1-6-8(4-5-18-6)14-11-9(15(16)17)3-2-7(12)10(11)13/h2-3,6,8,14H,4-5H2,1H3. The predicted molar refractivity (Wildman–Crippen MR) is 67.0 cm³/mol. The Morgan fingerprint density at radius 3 is 2.78 bits per heavy atom. The van der Waals surface area contributed by atoms with Crippen molar-refractivity contribution >= 4 is 23.1 Å². The minimum Gasteiger partial charge on any atom is -0.373 e. The highest BCUT2D eigenvalue weighted by molar-refractivity contribution is 8.00. The molecule has 2 rings (SSSR count). The van der Waals surface area contributed by atoms with Crippen LogP contribution in [0.25, 0.3) is 0 Å². The summed E-state index contributed by atoms with van der Waals surface area (Å²) in [6.45, 7) is 1.96. The highest BCUT2D eigenvalue weighted by atomic mass is 32.2. The molecule has 1 aromatic rings. The molecule has 18 heavy (non-hydrogen) atoms. The van der Waals surface area contributed by atoms with Gasteiger partial charge in [-0.15, -0.1) is 0 Å². The van der Waals surface area contributed by atoms with Crippen molar-refractivity contribution in [3.63, 3.8) is 0 Å². The number of hydrogen-bond donors (Lipinski definition) is 1. The fraction of sp³-hybridized carbons (Fsp3) is 0.455. The predicted octanol–water partition coefficient (Wildman–Crippen LogP) is 3.18. The van der Waals surface area contributed by atoms with Crippen LogP contribution < -0.4 is 5.32 Å². The summed E-state index contributed by atoms with van der Waals surface area (Å²) >= 11 is 1.70. The zero-order valence-corrected chi connectivity index (χ0v) is 10.5. The lowest BCUT2D eigenvalue weighted by molar-refractivity contribution is -0.384. The maximum atomic E-state index is 13.7. The summed E-state index contributed by atoms with van der Waals surface area (Å²) in [6.07, 6.45) is 0.777. The fourth-order valence-corrected chi connectivity index (χ4v) is 3.13. The number of thioether (sulfide) groups is 1. The molecule has 7 heteroatoms. The monoisotopic (exact) mass is 274 g/mol. The molecule has 2 unspecified atom stereocenters. The van der Waals surface area contributed by atoms with Crippen molar-refractivity contribution < 1.29 is 13.7 Å². The van der Waals surface area contributed by atoms with E-state index in [2.05, 4.69) is 5.32 Å². The van der Waals surface area contributed by atoms with E-state index in [0.29, 0.717) is 0 Å². The number of nitro benzene ring substituents is 1. The molecule has 1 N–H and O–H groups in total. The largest absolute Gasteiger partial charge is 0.373 e. The smallest absolute Gasteiger partial charge is 0.295 e. The van der Waals surface area contributed by atoms with Crippen molar-refractivity contribution in [3.05, 3.63) is 33.9 Å². The Kier molecular flexibility index (Phi) is 3.70. The van der Waals surface area contributed by atoms with E-state index in [1.165, 1.54) is 0 Å². The lowest BCUT2D eigenvalue weighted by Gasteiger charge is -2.18. The van der Waals surface area contributed by atoms with E-state index < -0.39 is 22.2 Å². The summed E-state index contributed by atoms with van der Waals surface area (Å²) in [5, 5.41) is 13.8. The van der Waals surface area contributed by atoms with Gasteiger partial charge in [0.25, 0.3) is 5.69 Å². The molecule has 0 aliphatic carbocycles. The molecule has 1 aliphatic rings. The van der Waals surface area contributed by atoms with Crippen molar-refractivity contribution in [2.45, 2.75) is 24.6 Å². The van der Waals surface area contributed by atoms with Crippen molar-refractivity contribution in [3.8, 4) is 0 Å². The molecule has 1 aliphatic heterocycles. The molecule has 0 radical (unpaired) electrons. The third kappa shape index (κ3) is 2.40. The molecule has 0 saturated carbocycles. The number of hydrogen-bond acceptors (Lipinski definition) is 4. The van der Waals surface area contributed by atoms with Gasteiger partial charge in [-0.3, -0.25) is 10.1 Å². The molecule has 98 valence electrons. The topological polar surface area (TPSA) is 55.2 Å². The third-order valence-corrected chi connectivity index (χ3v) is 4.30. The van der Waals surface area contributed by atoms with Crippen molar-refractivity contribution in [1.29, 1.82) is 0 Å². The van der Waals surface area contributed by atoms with Gasteiger partial charge in [0, 0.05) is 17.4 Å². The number of benzene rings is 1. The van der Waals surface area contributed by atoms with Crippen molar-refractivity contribution in [2.24, 2.45) is 0 Å². The lowest BCUT2D eigenvalue weighted by Crippen LogP contribution is -2.26. The fourth-order valence-electron chi connectivity index (χ4n) is 1.94. The maximum absolute atomic E-state index is 13.7. The van der Waals surface area contributed by atoms with Gasteiger partial charge in [0.15, 0.2) is 17.3 Å². The Morgan fingerprint density at radius 1 is 1.50 bits per heavy atom. The zero-order chi connectivity index (χ0) is 13.3. The minimum atomic E-state index is -1.19. The molecular formula is C11H12F2N2O2S. The average molecular weight is 274 g/mol. The van der Waals surface area contributed by atoms with E-state index in [-0.39, 0.29) is 17.0 Å². The van der Waals surface area contributed by atoms with E-state index >= 15 is 0 Å². The molecule has 0 amide bonds. The van der Waals surface area contributed by atoms with Gasteiger partial charge in [-0.05, 0) is 18.2 Å². The van der Waals surface area contributed by atoms with Crippen LogP contribution >= 0.6 is 11.8 Å². The van der Waals surface area contributed by atoms with Gasteiger partial charge < -0.3 is 5.32 Å². The third-order valence-electron chi connectivity index (χ3n) is 2.98. The lowest BCUT2D eigenvalue weighted by atomic mass is 10.1. The Labute approximate surface area is 107 Å². The SMILES string of the molecule is CC1SCCC1Nc1c([N+](=O)[O-])ccc(F)c1F. The van der Waals surface area contributed by atoms with Gasteiger partial charge >= 0.3 is 0 Å². The zero-order valence-electron chi connectivity index (χ0n) is 9.65. The van der Waals surface area contributed by atoms with Crippen LogP contribution in [0.2, 0.25) is 0 Å². The van der Waals surface area contributed by atoms with Crippen LogP contribution in [0, 0.1) is 21.7 Å². The van der Waals surface area contributed by atoms with Gasteiger partial charge in [-0.1, -0.05) is 6.92 Å². The molecule has 2 atom stereocenters. The highest BCUT2D eigenvalue weighted by Gasteiger charge is 2.29. The van der Waals surface area contributed by atoms with Crippen LogP contribution in [-0.4, -0.2) is 22.0 Å². The first-order valence-electron chi connectivity index (χ1n) is 5.51. The number of nitrogens with zero attached hydrogens (tertiary/aromatic N) is 1. The summed E-state index contributed by atoms with van der Waals surface area (Å²) < 4.78 is 26.8. The molecule has 0 spiro atoms. The highest BCUT2D eigenvalue weighted by Crippen LogP contribution is 2.34.